The van der Waals surface area contributed by atoms with Gasteiger partial charge < -0.3 is 10.2 Å². The summed E-state index contributed by atoms with van der Waals surface area (Å²) in [4.78, 5) is 0. The summed E-state index contributed by atoms with van der Waals surface area (Å²) in [6.07, 6.45) is 0.489. The van der Waals surface area contributed by atoms with E-state index in [1.165, 1.54) is 0 Å². The molecule has 0 heterocycles. The highest BCUT2D eigenvalue weighted by molar-refractivity contribution is 9.10. The van der Waals surface area contributed by atoms with Gasteiger partial charge in [0.15, 0.2) is 0 Å². The van der Waals surface area contributed by atoms with Crippen molar-refractivity contribution in [1.29, 1.82) is 0 Å². The van der Waals surface area contributed by atoms with E-state index in [0.29, 0.717) is 12.3 Å². The zero-order valence-electron chi connectivity index (χ0n) is 8.42. The molecule has 0 unspecified atom stereocenters. The molecule has 0 amide bonds. The van der Waals surface area contributed by atoms with Gasteiger partial charge in [0.25, 0.3) is 0 Å². The molecule has 1 aromatic carbocycles. The van der Waals surface area contributed by atoms with E-state index in [4.69, 9.17) is 5.11 Å². The van der Waals surface area contributed by atoms with Crippen molar-refractivity contribution in [2.75, 3.05) is 6.61 Å². The Kier molecular flexibility index (Phi) is 3.96. The molecule has 0 atom stereocenters. The van der Waals surface area contributed by atoms with Gasteiger partial charge in [-0.3, -0.25) is 0 Å². The monoisotopic (exact) mass is 258 g/mol. The lowest BCUT2D eigenvalue weighted by Gasteiger charge is -2.11. The number of halogens is 1. The van der Waals surface area contributed by atoms with Crippen molar-refractivity contribution in [3.05, 3.63) is 27.7 Å². The smallest absolute Gasteiger partial charge is 0.119 e. The molecule has 0 saturated carbocycles. The number of hydrogen-bond donors (Lipinski definition) is 2. The van der Waals surface area contributed by atoms with Crippen LogP contribution in [0.1, 0.15) is 30.9 Å². The number of benzene rings is 1. The zero-order valence-corrected chi connectivity index (χ0v) is 10.0. The summed E-state index contributed by atoms with van der Waals surface area (Å²) in [5.41, 5.74) is 1.87. The van der Waals surface area contributed by atoms with E-state index in [1.807, 2.05) is 6.07 Å². The van der Waals surface area contributed by atoms with Gasteiger partial charge in [0.1, 0.15) is 5.75 Å². The lowest BCUT2D eigenvalue weighted by atomic mass is 10.00. The summed E-state index contributed by atoms with van der Waals surface area (Å²) in [6, 6.07) is 3.64. The number of aromatic hydroxyl groups is 1. The molecule has 0 aliphatic heterocycles. The molecule has 1 rings (SSSR count). The van der Waals surface area contributed by atoms with Crippen molar-refractivity contribution in [3.8, 4) is 5.75 Å². The van der Waals surface area contributed by atoms with Crippen LogP contribution in [0.2, 0.25) is 0 Å². The van der Waals surface area contributed by atoms with Gasteiger partial charge in [-0.1, -0.05) is 29.8 Å². The first-order valence-electron chi connectivity index (χ1n) is 4.68. The Labute approximate surface area is 92.7 Å². The number of phenols is 1. The Hall–Kier alpha value is -0.540. The van der Waals surface area contributed by atoms with Crippen molar-refractivity contribution in [2.45, 2.75) is 26.2 Å². The normalized spacial score (nSPS) is 10.9. The van der Waals surface area contributed by atoms with Crippen molar-refractivity contribution in [2.24, 2.45) is 0 Å². The summed E-state index contributed by atoms with van der Waals surface area (Å²) in [5, 5.41) is 18.5. The predicted molar refractivity (Wildman–Crippen MR) is 60.7 cm³/mol. The van der Waals surface area contributed by atoms with Crippen LogP contribution in [0, 0.1) is 0 Å². The van der Waals surface area contributed by atoms with Crippen LogP contribution in [0.3, 0.4) is 0 Å². The molecule has 3 heteroatoms. The number of rotatable bonds is 3. The Morgan fingerprint density at radius 1 is 1.36 bits per heavy atom. The minimum absolute atomic E-state index is 0.0566. The second kappa shape index (κ2) is 4.80. The van der Waals surface area contributed by atoms with Gasteiger partial charge in [-0.25, -0.2) is 0 Å². The van der Waals surface area contributed by atoms with E-state index in [9.17, 15) is 5.11 Å². The number of hydrogen-bond acceptors (Lipinski definition) is 2. The average Bonchev–Trinajstić information content (AvgIpc) is 2.10. The van der Waals surface area contributed by atoms with Gasteiger partial charge >= 0.3 is 0 Å². The summed E-state index contributed by atoms with van der Waals surface area (Å²) >= 11 is 3.46. The van der Waals surface area contributed by atoms with Crippen molar-refractivity contribution in [1.82, 2.24) is 0 Å². The molecular formula is C11H15BrO2. The third kappa shape index (κ3) is 2.49. The van der Waals surface area contributed by atoms with Crippen LogP contribution in [-0.4, -0.2) is 16.8 Å². The van der Waals surface area contributed by atoms with Crippen LogP contribution in [0.4, 0.5) is 0 Å². The van der Waals surface area contributed by atoms with E-state index in [2.05, 4.69) is 29.8 Å². The first-order chi connectivity index (χ1) is 6.56. The highest BCUT2D eigenvalue weighted by Crippen LogP contribution is 2.31. The topological polar surface area (TPSA) is 40.5 Å². The van der Waals surface area contributed by atoms with Gasteiger partial charge in [0.2, 0.25) is 0 Å². The molecule has 0 fully saturated rings. The van der Waals surface area contributed by atoms with Gasteiger partial charge in [-0.05, 0) is 35.6 Å². The highest BCUT2D eigenvalue weighted by atomic mass is 79.9. The average molecular weight is 259 g/mol. The largest absolute Gasteiger partial charge is 0.508 e. The maximum absolute atomic E-state index is 9.66. The standard InChI is InChI=1S/C11H15BrO2/c1-7(2)9-6-11(14)8(3-4-13)5-10(9)12/h5-7,13-14H,3-4H2,1-2H3. The molecule has 2 nitrogen and oxygen atoms in total. The van der Waals surface area contributed by atoms with E-state index in [0.717, 1.165) is 15.6 Å². The maximum atomic E-state index is 9.66. The van der Waals surface area contributed by atoms with Gasteiger partial charge in [-0.2, -0.15) is 0 Å². The summed E-state index contributed by atoms with van der Waals surface area (Å²) in [6.45, 7) is 4.21. The van der Waals surface area contributed by atoms with Crippen molar-refractivity contribution in [3.63, 3.8) is 0 Å². The van der Waals surface area contributed by atoms with Crippen LogP contribution in [0.5, 0.6) is 5.75 Å². The Balaban J connectivity index is 3.10. The zero-order chi connectivity index (χ0) is 10.7. The summed E-state index contributed by atoms with van der Waals surface area (Å²) < 4.78 is 0.994. The molecule has 0 radical (unpaired) electrons. The van der Waals surface area contributed by atoms with Crippen molar-refractivity contribution < 1.29 is 10.2 Å². The minimum Gasteiger partial charge on any atom is -0.508 e. The van der Waals surface area contributed by atoms with E-state index >= 15 is 0 Å². The second-order valence-corrected chi connectivity index (χ2v) is 4.49. The third-order valence-electron chi connectivity index (χ3n) is 2.20. The molecule has 78 valence electrons. The van der Waals surface area contributed by atoms with Crippen LogP contribution in [0.15, 0.2) is 16.6 Å². The molecule has 2 N–H and O–H groups in total. The number of aliphatic hydroxyl groups is 1. The lowest BCUT2D eigenvalue weighted by molar-refractivity contribution is 0.297. The lowest BCUT2D eigenvalue weighted by Crippen LogP contribution is -1.95. The van der Waals surface area contributed by atoms with Crippen molar-refractivity contribution >= 4 is 15.9 Å². The molecule has 0 aromatic heterocycles. The summed E-state index contributed by atoms with van der Waals surface area (Å²) in [7, 11) is 0. The van der Waals surface area contributed by atoms with E-state index in [-0.39, 0.29) is 12.4 Å². The second-order valence-electron chi connectivity index (χ2n) is 3.63. The molecule has 0 bridgehead atoms. The SMILES string of the molecule is CC(C)c1cc(O)c(CCO)cc1Br. The van der Waals surface area contributed by atoms with Gasteiger partial charge in [-0.15, -0.1) is 0 Å². The molecule has 0 aliphatic rings. The fraction of sp³-hybridized carbons (Fsp3) is 0.455. The molecule has 1 aromatic rings. The van der Waals surface area contributed by atoms with E-state index < -0.39 is 0 Å². The van der Waals surface area contributed by atoms with Gasteiger partial charge in [0.05, 0.1) is 0 Å². The van der Waals surface area contributed by atoms with E-state index in [1.54, 1.807) is 6.07 Å². The van der Waals surface area contributed by atoms with Crippen LogP contribution < -0.4 is 0 Å². The molecule has 0 aliphatic carbocycles. The third-order valence-corrected chi connectivity index (χ3v) is 2.89. The quantitative estimate of drug-likeness (QED) is 0.876. The van der Waals surface area contributed by atoms with Crippen LogP contribution in [-0.2, 0) is 6.42 Å². The van der Waals surface area contributed by atoms with Crippen LogP contribution in [0.25, 0.3) is 0 Å². The fourth-order valence-corrected chi connectivity index (χ4v) is 2.23. The molecule has 0 saturated heterocycles. The first kappa shape index (κ1) is 11.5. The fourth-order valence-electron chi connectivity index (χ4n) is 1.38. The summed E-state index contributed by atoms with van der Waals surface area (Å²) in [5.74, 6) is 0.643. The molecule has 14 heavy (non-hydrogen) atoms. The Morgan fingerprint density at radius 3 is 2.50 bits per heavy atom. The number of aliphatic hydroxyl groups excluding tert-OH is 1. The van der Waals surface area contributed by atoms with Gasteiger partial charge in [0, 0.05) is 11.1 Å². The Bertz CT molecular complexity index is 321. The van der Waals surface area contributed by atoms with Crippen LogP contribution >= 0.6 is 15.9 Å². The Morgan fingerprint density at radius 2 is 2.00 bits per heavy atom. The first-order valence-corrected chi connectivity index (χ1v) is 5.47. The highest BCUT2D eigenvalue weighted by Gasteiger charge is 2.09. The number of phenolic OH excluding ortho intramolecular Hbond substituents is 1. The molecular weight excluding hydrogens is 244 g/mol. The minimum atomic E-state index is 0.0566. The predicted octanol–water partition coefficient (Wildman–Crippen LogP) is 2.81. The maximum Gasteiger partial charge on any atom is 0.119 e. The molecule has 0 spiro atoms.